The van der Waals surface area contributed by atoms with Crippen LogP contribution in [-0.2, 0) is 14.3 Å². The maximum absolute atomic E-state index is 11.5. The monoisotopic (exact) mass is 217 g/mol. The van der Waals surface area contributed by atoms with Crippen LogP contribution in [0.25, 0.3) is 0 Å². The summed E-state index contributed by atoms with van der Waals surface area (Å²) in [4.78, 5) is 11.5. The zero-order chi connectivity index (χ0) is 12.1. The van der Waals surface area contributed by atoms with Gasteiger partial charge >= 0.3 is 5.97 Å². The van der Waals surface area contributed by atoms with E-state index in [1.165, 1.54) is 7.11 Å². The molecular weight excluding hydrogens is 194 g/mol. The Balaban J connectivity index is 4.16. The number of methoxy groups -OCH3 is 1. The van der Waals surface area contributed by atoms with Crippen LogP contribution in [0.3, 0.4) is 0 Å². The number of ether oxygens (including phenoxy) is 2. The Morgan fingerprint density at radius 1 is 1.27 bits per heavy atom. The average molecular weight is 217 g/mol. The second-order valence-electron chi connectivity index (χ2n) is 4.97. The van der Waals surface area contributed by atoms with Gasteiger partial charge in [0.25, 0.3) is 0 Å². The second-order valence-corrected chi connectivity index (χ2v) is 4.97. The lowest BCUT2D eigenvalue weighted by Crippen LogP contribution is -2.38. The van der Waals surface area contributed by atoms with E-state index in [9.17, 15) is 4.79 Å². The second kappa shape index (κ2) is 5.47. The van der Waals surface area contributed by atoms with Gasteiger partial charge in [0.2, 0.25) is 0 Å². The van der Waals surface area contributed by atoms with Crippen LogP contribution < -0.4 is 5.73 Å². The van der Waals surface area contributed by atoms with E-state index in [2.05, 4.69) is 0 Å². The van der Waals surface area contributed by atoms with Crippen molar-refractivity contribution >= 4 is 5.97 Å². The fourth-order valence-corrected chi connectivity index (χ4v) is 1.12. The SMILES string of the molecule is COC(=O)C(C)(CN)CCOC(C)(C)C. The highest BCUT2D eigenvalue weighted by molar-refractivity contribution is 5.76. The summed E-state index contributed by atoms with van der Waals surface area (Å²) >= 11 is 0. The number of rotatable bonds is 5. The largest absolute Gasteiger partial charge is 0.469 e. The molecule has 0 aliphatic heterocycles. The normalized spacial score (nSPS) is 15.9. The molecule has 0 fully saturated rings. The van der Waals surface area contributed by atoms with Crippen molar-refractivity contribution in [3.63, 3.8) is 0 Å². The molecule has 0 amide bonds. The molecule has 0 radical (unpaired) electrons. The van der Waals surface area contributed by atoms with E-state index in [4.69, 9.17) is 15.2 Å². The minimum absolute atomic E-state index is 0.189. The predicted octanol–water partition coefficient (Wildman–Crippen LogP) is 1.33. The topological polar surface area (TPSA) is 61.5 Å². The van der Waals surface area contributed by atoms with E-state index in [-0.39, 0.29) is 18.1 Å². The van der Waals surface area contributed by atoms with Crippen LogP contribution in [0.1, 0.15) is 34.1 Å². The Morgan fingerprint density at radius 3 is 2.13 bits per heavy atom. The molecule has 0 saturated carbocycles. The Hall–Kier alpha value is -0.610. The fourth-order valence-electron chi connectivity index (χ4n) is 1.12. The zero-order valence-electron chi connectivity index (χ0n) is 10.4. The summed E-state index contributed by atoms with van der Waals surface area (Å²) in [6, 6.07) is 0. The number of hydrogen-bond donors (Lipinski definition) is 1. The lowest BCUT2D eigenvalue weighted by atomic mass is 9.87. The molecule has 15 heavy (non-hydrogen) atoms. The fraction of sp³-hybridized carbons (Fsp3) is 0.909. The van der Waals surface area contributed by atoms with Crippen molar-refractivity contribution in [1.82, 2.24) is 0 Å². The zero-order valence-corrected chi connectivity index (χ0v) is 10.4. The summed E-state index contributed by atoms with van der Waals surface area (Å²) in [5.74, 6) is -0.275. The maximum Gasteiger partial charge on any atom is 0.312 e. The van der Waals surface area contributed by atoms with Crippen LogP contribution in [0.4, 0.5) is 0 Å². The molecular formula is C11H23NO3. The molecule has 0 aliphatic rings. The number of esters is 1. The van der Waals surface area contributed by atoms with Crippen molar-refractivity contribution in [3.8, 4) is 0 Å². The van der Waals surface area contributed by atoms with Crippen molar-refractivity contribution in [3.05, 3.63) is 0 Å². The Morgan fingerprint density at radius 2 is 1.80 bits per heavy atom. The first kappa shape index (κ1) is 14.4. The molecule has 0 aromatic carbocycles. The summed E-state index contributed by atoms with van der Waals surface area (Å²) in [5, 5.41) is 0. The van der Waals surface area contributed by atoms with Crippen molar-refractivity contribution < 1.29 is 14.3 Å². The standard InChI is InChI=1S/C11H23NO3/c1-10(2,3)15-7-6-11(4,8-12)9(13)14-5/h6-8,12H2,1-5H3. The molecule has 0 rings (SSSR count). The van der Waals surface area contributed by atoms with Gasteiger partial charge in [-0.25, -0.2) is 0 Å². The molecule has 4 nitrogen and oxygen atoms in total. The molecule has 2 N–H and O–H groups in total. The molecule has 0 heterocycles. The third-order valence-corrected chi connectivity index (χ3v) is 2.32. The third-order valence-electron chi connectivity index (χ3n) is 2.32. The van der Waals surface area contributed by atoms with Crippen LogP contribution in [-0.4, -0.2) is 31.8 Å². The van der Waals surface area contributed by atoms with Gasteiger partial charge in [-0.2, -0.15) is 0 Å². The molecule has 0 bridgehead atoms. The van der Waals surface area contributed by atoms with E-state index < -0.39 is 5.41 Å². The summed E-state index contributed by atoms with van der Waals surface area (Å²) in [6.07, 6.45) is 0.577. The van der Waals surface area contributed by atoms with Crippen molar-refractivity contribution in [2.24, 2.45) is 11.1 Å². The van der Waals surface area contributed by atoms with Gasteiger partial charge in [-0.3, -0.25) is 4.79 Å². The first-order valence-electron chi connectivity index (χ1n) is 5.17. The van der Waals surface area contributed by atoms with E-state index in [1.807, 2.05) is 20.8 Å². The van der Waals surface area contributed by atoms with Gasteiger partial charge in [-0.05, 0) is 34.1 Å². The molecule has 0 aliphatic carbocycles. The molecule has 1 atom stereocenters. The van der Waals surface area contributed by atoms with Gasteiger partial charge < -0.3 is 15.2 Å². The van der Waals surface area contributed by atoms with Gasteiger partial charge in [0.1, 0.15) is 0 Å². The van der Waals surface area contributed by atoms with Crippen LogP contribution >= 0.6 is 0 Å². The Bertz CT molecular complexity index is 210. The molecule has 1 unspecified atom stereocenters. The minimum atomic E-state index is -0.639. The minimum Gasteiger partial charge on any atom is -0.469 e. The van der Waals surface area contributed by atoms with Crippen molar-refractivity contribution in [1.29, 1.82) is 0 Å². The van der Waals surface area contributed by atoms with E-state index in [1.54, 1.807) is 6.92 Å². The van der Waals surface area contributed by atoms with Crippen molar-refractivity contribution in [2.45, 2.75) is 39.7 Å². The van der Waals surface area contributed by atoms with Crippen LogP contribution in [0.2, 0.25) is 0 Å². The maximum atomic E-state index is 11.5. The van der Waals surface area contributed by atoms with Crippen LogP contribution in [0.15, 0.2) is 0 Å². The quantitative estimate of drug-likeness (QED) is 0.706. The van der Waals surface area contributed by atoms with Crippen LogP contribution in [0.5, 0.6) is 0 Å². The Labute approximate surface area is 92.1 Å². The first-order valence-corrected chi connectivity index (χ1v) is 5.17. The predicted molar refractivity (Wildman–Crippen MR) is 59.5 cm³/mol. The van der Waals surface area contributed by atoms with Gasteiger partial charge in [0, 0.05) is 13.2 Å². The summed E-state index contributed by atoms with van der Waals surface area (Å²) < 4.78 is 10.3. The summed E-state index contributed by atoms with van der Waals surface area (Å²) in [7, 11) is 1.38. The molecule has 0 aromatic rings. The molecule has 4 heteroatoms. The number of carbonyl (C=O) groups excluding carboxylic acids is 1. The highest BCUT2D eigenvalue weighted by Gasteiger charge is 2.33. The van der Waals surface area contributed by atoms with Crippen LogP contribution in [0, 0.1) is 5.41 Å². The smallest absolute Gasteiger partial charge is 0.312 e. The lowest BCUT2D eigenvalue weighted by molar-refractivity contribution is -0.153. The molecule has 90 valence electrons. The van der Waals surface area contributed by atoms with Gasteiger partial charge in [-0.15, -0.1) is 0 Å². The average Bonchev–Trinajstić information content (AvgIpc) is 2.14. The van der Waals surface area contributed by atoms with Gasteiger partial charge in [-0.1, -0.05) is 0 Å². The highest BCUT2D eigenvalue weighted by atomic mass is 16.5. The number of carbonyl (C=O) groups is 1. The number of nitrogens with two attached hydrogens (primary N) is 1. The summed E-state index contributed by atoms with van der Waals surface area (Å²) in [5.41, 5.74) is 4.75. The van der Waals surface area contributed by atoms with E-state index >= 15 is 0 Å². The first-order chi connectivity index (χ1) is 6.75. The Kier molecular flexibility index (Phi) is 5.24. The van der Waals surface area contributed by atoms with Crippen molar-refractivity contribution in [2.75, 3.05) is 20.3 Å². The number of hydrogen-bond acceptors (Lipinski definition) is 4. The van der Waals surface area contributed by atoms with Gasteiger partial charge in [0.05, 0.1) is 18.1 Å². The molecule has 0 saturated heterocycles. The molecule has 0 spiro atoms. The van der Waals surface area contributed by atoms with E-state index in [0.717, 1.165) is 0 Å². The van der Waals surface area contributed by atoms with Gasteiger partial charge in [0.15, 0.2) is 0 Å². The third kappa shape index (κ3) is 5.14. The highest BCUT2D eigenvalue weighted by Crippen LogP contribution is 2.22. The van der Waals surface area contributed by atoms with E-state index in [0.29, 0.717) is 13.0 Å². The summed E-state index contributed by atoms with van der Waals surface area (Å²) in [6.45, 7) is 8.51. The lowest BCUT2D eigenvalue weighted by Gasteiger charge is -2.27. The molecule has 0 aromatic heterocycles.